The van der Waals surface area contributed by atoms with Crippen molar-refractivity contribution in [3.8, 4) is 11.4 Å². The molecule has 5 nitrogen and oxygen atoms in total. The van der Waals surface area contributed by atoms with Crippen LogP contribution in [0, 0.1) is 0 Å². The molecule has 0 fully saturated rings. The number of fused-ring (bicyclic) bond motifs is 1. The van der Waals surface area contributed by atoms with Crippen molar-refractivity contribution in [2.75, 3.05) is 18.8 Å². The van der Waals surface area contributed by atoms with E-state index in [1.807, 2.05) is 44.2 Å². The Balaban J connectivity index is 2.07. The van der Waals surface area contributed by atoms with E-state index in [0.717, 1.165) is 21.6 Å². The maximum atomic E-state index is 12.6. The first-order valence-corrected chi connectivity index (χ1v) is 8.37. The van der Waals surface area contributed by atoms with Crippen LogP contribution in [-0.2, 0) is 0 Å². The van der Waals surface area contributed by atoms with Crippen LogP contribution < -0.4 is 5.73 Å². The first-order valence-electron chi connectivity index (χ1n) is 7.55. The summed E-state index contributed by atoms with van der Waals surface area (Å²) in [7, 11) is 0. The first kappa shape index (κ1) is 15.4. The van der Waals surface area contributed by atoms with Gasteiger partial charge in [-0.25, -0.2) is 4.98 Å². The maximum absolute atomic E-state index is 12.6. The molecule has 3 aromatic heterocycles. The van der Waals surface area contributed by atoms with Crippen molar-refractivity contribution in [1.29, 1.82) is 0 Å². The van der Waals surface area contributed by atoms with Gasteiger partial charge < -0.3 is 10.6 Å². The minimum absolute atomic E-state index is 0.0325. The lowest BCUT2D eigenvalue weighted by Gasteiger charge is -2.17. The van der Waals surface area contributed by atoms with E-state index >= 15 is 0 Å². The standard InChI is InChI=1S/C17H18N4OS/c1-3-21(4-2)17(22)15-14(18)11-8-9-13(20-16(11)23-15)12-7-5-6-10-19-12/h5-10H,3-4,18H2,1-2H3. The van der Waals surface area contributed by atoms with Gasteiger partial charge in [-0.05, 0) is 38.1 Å². The fraction of sp³-hybridized carbons (Fsp3) is 0.235. The van der Waals surface area contributed by atoms with E-state index in [-0.39, 0.29) is 5.91 Å². The van der Waals surface area contributed by atoms with Gasteiger partial charge in [-0.3, -0.25) is 9.78 Å². The van der Waals surface area contributed by atoms with Gasteiger partial charge in [0.25, 0.3) is 5.91 Å². The number of nitrogen functional groups attached to an aromatic ring is 1. The normalized spacial score (nSPS) is 10.9. The molecule has 0 aliphatic carbocycles. The van der Waals surface area contributed by atoms with Crippen LogP contribution >= 0.6 is 11.3 Å². The van der Waals surface area contributed by atoms with Crippen LogP contribution in [0.15, 0.2) is 36.5 Å². The van der Waals surface area contributed by atoms with Crippen LogP contribution in [0.3, 0.4) is 0 Å². The third kappa shape index (κ3) is 2.77. The van der Waals surface area contributed by atoms with Gasteiger partial charge in [0.1, 0.15) is 9.71 Å². The van der Waals surface area contributed by atoms with Gasteiger partial charge in [0.05, 0.1) is 17.1 Å². The Morgan fingerprint density at radius 1 is 1.17 bits per heavy atom. The molecule has 0 bridgehead atoms. The summed E-state index contributed by atoms with van der Waals surface area (Å²) in [5.41, 5.74) is 8.28. The van der Waals surface area contributed by atoms with Gasteiger partial charge in [0.15, 0.2) is 0 Å². The lowest BCUT2D eigenvalue weighted by molar-refractivity contribution is 0.0779. The second-order valence-corrected chi connectivity index (χ2v) is 6.09. The molecule has 0 saturated heterocycles. The molecule has 0 saturated carbocycles. The van der Waals surface area contributed by atoms with Crippen molar-refractivity contribution in [1.82, 2.24) is 14.9 Å². The lowest BCUT2D eigenvalue weighted by atomic mass is 10.2. The predicted octanol–water partition coefficient (Wildman–Crippen LogP) is 3.42. The number of rotatable bonds is 4. The highest BCUT2D eigenvalue weighted by molar-refractivity contribution is 7.21. The van der Waals surface area contributed by atoms with Crippen LogP contribution in [0.25, 0.3) is 21.6 Å². The van der Waals surface area contributed by atoms with Gasteiger partial charge in [0.2, 0.25) is 0 Å². The van der Waals surface area contributed by atoms with E-state index in [2.05, 4.69) is 9.97 Å². The van der Waals surface area contributed by atoms with Crippen molar-refractivity contribution in [2.45, 2.75) is 13.8 Å². The van der Waals surface area contributed by atoms with Crippen molar-refractivity contribution in [3.05, 3.63) is 41.4 Å². The highest BCUT2D eigenvalue weighted by Gasteiger charge is 2.21. The molecule has 0 radical (unpaired) electrons. The summed E-state index contributed by atoms with van der Waals surface area (Å²) >= 11 is 1.34. The molecule has 0 atom stereocenters. The Labute approximate surface area is 138 Å². The fourth-order valence-electron chi connectivity index (χ4n) is 2.47. The molecule has 3 heterocycles. The molecular formula is C17H18N4OS. The zero-order chi connectivity index (χ0) is 16.4. The van der Waals surface area contributed by atoms with Gasteiger partial charge in [-0.15, -0.1) is 11.3 Å². The zero-order valence-corrected chi connectivity index (χ0v) is 13.9. The number of anilines is 1. The summed E-state index contributed by atoms with van der Waals surface area (Å²) in [6.07, 6.45) is 1.74. The second kappa shape index (κ2) is 6.34. The van der Waals surface area contributed by atoms with Crippen LogP contribution in [0.5, 0.6) is 0 Å². The minimum Gasteiger partial charge on any atom is -0.397 e. The van der Waals surface area contributed by atoms with E-state index in [4.69, 9.17) is 5.73 Å². The fourth-order valence-corrected chi connectivity index (χ4v) is 3.53. The maximum Gasteiger partial charge on any atom is 0.266 e. The van der Waals surface area contributed by atoms with Crippen LogP contribution in [0.2, 0.25) is 0 Å². The Hall–Kier alpha value is -2.47. The van der Waals surface area contributed by atoms with Gasteiger partial charge in [-0.2, -0.15) is 0 Å². The van der Waals surface area contributed by atoms with E-state index in [9.17, 15) is 4.79 Å². The number of nitrogens with two attached hydrogens (primary N) is 1. The summed E-state index contributed by atoms with van der Waals surface area (Å²) in [5.74, 6) is -0.0325. The average molecular weight is 326 g/mol. The zero-order valence-electron chi connectivity index (χ0n) is 13.1. The monoisotopic (exact) mass is 326 g/mol. The number of carbonyl (C=O) groups excluding carboxylic acids is 1. The van der Waals surface area contributed by atoms with Gasteiger partial charge in [-0.1, -0.05) is 6.07 Å². The molecular weight excluding hydrogens is 308 g/mol. The Bertz CT molecular complexity index is 840. The van der Waals surface area contributed by atoms with Gasteiger partial charge in [0, 0.05) is 24.7 Å². The summed E-state index contributed by atoms with van der Waals surface area (Å²) in [4.78, 5) is 24.6. The molecule has 0 aliphatic rings. The van der Waals surface area contributed by atoms with Crippen LogP contribution in [0.4, 0.5) is 5.69 Å². The summed E-state index contributed by atoms with van der Waals surface area (Å²) in [6, 6.07) is 9.50. The molecule has 0 unspecified atom stereocenters. The molecule has 0 spiro atoms. The van der Waals surface area contributed by atoms with E-state index in [0.29, 0.717) is 23.7 Å². The first-order chi connectivity index (χ1) is 11.2. The number of carbonyl (C=O) groups is 1. The number of aromatic nitrogens is 2. The summed E-state index contributed by atoms with van der Waals surface area (Å²) in [5, 5.41) is 0.824. The van der Waals surface area contributed by atoms with Crippen molar-refractivity contribution in [3.63, 3.8) is 0 Å². The second-order valence-electron chi connectivity index (χ2n) is 5.09. The number of thiophene rings is 1. The van der Waals surface area contributed by atoms with Gasteiger partial charge >= 0.3 is 0 Å². The lowest BCUT2D eigenvalue weighted by Crippen LogP contribution is -2.30. The van der Waals surface area contributed by atoms with Crippen LogP contribution in [-0.4, -0.2) is 33.9 Å². The summed E-state index contributed by atoms with van der Waals surface area (Å²) in [6.45, 7) is 5.25. The van der Waals surface area contributed by atoms with Crippen molar-refractivity contribution < 1.29 is 4.79 Å². The molecule has 2 N–H and O–H groups in total. The number of amides is 1. The Morgan fingerprint density at radius 3 is 2.61 bits per heavy atom. The molecule has 0 aromatic carbocycles. The minimum atomic E-state index is -0.0325. The highest BCUT2D eigenvalue weighted by Crippen LogP contribution is 2.34. The average Bonchev–Trinajstić information content (AvgIpc) is 2.93. The molecule has 0 aliphatic heterocycles. The van der Waals surface area contributed by atoms with E-state index < -0.39 is 0 Å². The third-order valence-corrected chi connectivity index (χ3v) is 4.87. The molecule has 23 heavy (non-hydrogen) atoms. The summed E-state index contributed by atoms with van der Waals surface area (Å²) < 4.78 is 0. The van der Waals surface area contributed by atoms with Crippen LogP contribution in [0.1, 0.15) is 23.5 Å². The SMILES string of the molecule is CCN(CC)C(=O)c1sc2nc(-c3ccccn3)ccc2c1N. The Morgan fingerprint density at radius 2 is 1.96 bits per heavy atom. The van der Waals surface area contributed by atoms with Crippen molar-refractivity contribution in [2.24, 2.45) is 0 Å². The quantitative estimate of drug-likeness (QED) is 0.797. The predicted molar refractivity (Wildman–Crippen MR) is 94.5 cm³/mol. The van der Waals surface area contributed by atoms with E-state index in [1.54, 1.807) is 11.1 Å². The third-order valence-electron chi connectivity index (χ3n) is 3.77. The number of hydrogen-bond acceptors (Lipinski definition) is 5. The molecule has 1 amide bonds. The number of pyridine rings is 2. The topological polar surface area (TPSA) is 72.1 Å². The van der Waals surface area contributed by atoms with Crippen molar-refractivity contribution >= 4 is 33.1 Å². The highest BCUT2D eigenvalue weighted by atomic mass is 32.1. The largest absolute Gasteiger partial charge is 0.397 e. The molecule has 3 aromatic rings. The van der Waals surface area contributed by atoms with E-state index in [1.165, 1.54) is 11.3 Å². The molecule has 118 valence electrons. The Kier molecular flexibility index (Phi) is 4.25. The molecule has 6 heteroatoms. The number of hydrogen-bond donors (Lipinski definition) is 1. The number of nitrogens with zero attached hydrogens (tertiary/aromatic N) is 3. The smallest absolute Gasteiger partial charge is 0.266 e. The molecule has 3 rings (SSSR count).